The summed E-state index contributed by atoms with van der Waals surface area (Å²) in [6, 6.07) is 8.60. The average Bonchev–Trinajstić information content (AvgIpc) is 2.92. The molecule has 0 spiro atoms. The molecule has 3 nitrogen and oxygen atoms in total. The van der Waals surface area contributed by atoms with Crippen LogP contribution in [0.15, 0.2) is 24.3 Å². The van der Waals surface area contributed by atoms with E-state index in [0.717, 1.165) is 39.2 Å². The SMILES string of the molecule is CC(C)(C)NCCc1ccccc1COCC1CCOC1. The van der Waals surface area contributed by atoms with Gasteiger partial charge in [0.15, 0.2) is 0 Å². The van der Waals surface area contributed by atoms with Gasteiger partial charge in [-0.15, -0.1) is 0 Å². The van der Waals surface area contributed by atoms with Gasteiger partial charge >= 0.3 is 0 Å². The van der Waals surface area contributed by atoms with Gasteiger partial charge in [0.25, 0.3) is 0 Å². The summed E-state index contributed by atoms with van der Waals surface area (Å²) < 4.78 is 11.3. The van der Waals surface area contributed by atoms with Gasteiger partial charge in [-0.3, -0.25) is 0 Å². The molecule has 1 heterocycles. The fraction of sp³-hybridized carbons (Fsp3) is 0.667. The van der Waals surface area contributed by atoms with Crippen molar-refractivity contribution in [3.63, 3.8) is 0 Å². The molecule has 1 N–H and O–H groups in total. The van der Waals surface area contributed by atoms with E-state index in [9.17, 15) is 0 Å². The zero-order valence-corrected chi connectivity index (χ0v) is 13.7. The van der Waals surface area contributed by atoms with Gasteiger partial charge in [0.1, 0.15) is 0 Å². The van der Waals surface area contributed by atoms with Gasteiger partial charge < -0.3 is 14.8 Å². The molecule has 21 heavy (non-hydrogen) atoms. The lowest BCUT2D eigenvalue weighted by atomic mass is 10.0. The summed E-state index contributed by atoms with van der Waals surface area (Å²) in [5.41, 5.74) is 2.87. The van der Waals surface area contributed by atoms with Crippen molar-refractivity contribution < 1.29 is 9.47 Å². The summed E-state index contributed by atoms with van der Waals surface area (Å²) in [5.74, 6) is 0.583. The molecule has 1 aliphatic rings. The fourth-order valence-corrected chi connectivity index (χ4v) is 2.56. The van der Waals surface area contributed by atoms with Crippen molar-refractivity contribution in [2.45, 2.75) is 45.8 Å². The third kappa shape index (κ3) is 6.16. The van der Waals surface area contributed by atoms with E-state index in [-0.39, 0.29) is 5.54 Å². The standard InChI is InChI=1S/C18H29NO2/c1-18(2,3)19-10-8-16-6-4-5-7-17(16)14-21-13-15-9-11-20-12-15/h4-7,15,19H,8-14H2,1-3H3. The summed E-state index contributed by atoms with van der Waals surface area (Å²) in [4.78, 5) is 0. The third-order valence-electron chi connectivity index (χ3n) is 3.80. The second kappa shape index (κ2) is 7.92. The maximum atomic E-state index is 5.89. The molecule has 0 radical (unpaired) electrons. The Morgan fingerprint density at radius 1 is 1.24 bits per heavy atom. The molecule has 1 atom stereocenters. The molecule has 0 amide bonds. The first-order chi connectivity index (χ1) is 10.0. The van der Waals surface area contributed by atoms with Crippen molar-refractivity contribution in [2.75, 3.05) is 26.4 Å². The van der Waals surface area contributed by atoms with Crippen LogP contribution in [0.25, 0.3) is 0 Å². The lowest BCUT2D eigenvalue weighted by Gasteiger charge is -2.21. The van der Waals surface area contributed by atoms with Crippen molar-refractivity contribution >= 4 is 0 Å². The number of ether oxygens (including phenoxy) is 2. The van der Waals surface area contributed by atoms with E-state index in [2.05, 4.69) is 50.4 Å². The van der Waals surface area contributed by atoms with Crippen LogP contribution in [-0.4, -0.2) is 31.9 Å². The van der Waals surface area contributed by atoms with Crippen LogP contribution in [0.1, 0.15) is 38.3 Å². The van der Waals surface area contributed by atoms with Crippen LogP contribution in [0.5, 0.6) is 0 Å². The Morgan fingerprint density at radius 2 is 2.00 bits per heavy atom. The number of hydrogen-bond donors (Lipinski definition) is 1. The Labute approximate surface area is 129 Å². The first kappa shape index (κ1) is 16.5. The summed E-state index contributed by atoms with van der Waals surface area (Å²) in [6.07, 6.45) is 2.18. The summed E-state index contributed by atoms with van der Waals surface area (Å²) in [7, 11) is 0. The highest BCUT2D eigenvalue weighted by molar-refractivity contribution is 5.26. The molecule has 1 fully saturated rings. The minimum absolute atomic E-state index is 0.175. The number of hydrogen-bond acceptors (Lipinski definition) is 3. The number of benzene rings is 1. The minimum atomic E-state index is 0.175. The Morgan fingerprint density at radius 3 is 2.67 bits per heavy atom. The molecule has 2 rings (SSSR count). The zero-order valence-electron chi connectivity index (χ0n) is 13.7. The first-order valence-electron chi connectivity index (χ1n) is 8.02. The van der Waals surface area contributed by atoms with Crippen LogP contribution in [0.2, 0.25) is 0 Å². The third-order valence-corrected chi connectivity index (χ3v) is 3.80. The quantitative estimate of drug-likeness (QED) is 0.837. The van der Waals surface area contributed by atoms with E-state index in [1.807, 2.05) is 0 Å². The van der Waals surface area contributed by atoms with Crippen LogP contribution < -0.4 is 5.32 Å². The van der Waals surface area contributed by atoms with Gasteiger partial charge in [0.05, 0.1) is 19.8 Å². The maximum absolute atomic E-state index is 5.89. The maximum Gasteiger partial charge on any atom is 0.0719 e. The van der Waals surface area contributed by atoms with Crippen LogP contribution in [-0.2, 0) is 22.5 Å². The van der Waals surface area contributed by atoms with Crippen molar-refractivity contribution in [2.24, 2.45) is 5.92 Å². The predicted molar refractivity (Wildman–Crippen MR) is 86.5 cm³/mol. The van der Waals surface area contributed by atoms with Crippen molar-refractivity contribution in [3.05, 3.63) is 35.4 Å². The highest BCUT2D eigenvalue weighted by Gasteiger charge is 2.15. The number of rotatable bonds is 7. The Bertz CT molecular complexity index is 419. The molecule has 0 aromatic heterocycles. The first-order valence-corrected chi connectivity index (χ1v) is 8.02. The Hall–Kier alpha value is -0.900. The van der Waals surface area contributed by atoms with Crippen LogP contribution in [0.4, 0.5) is 0 Å². The predicted octanol–water partition coefficient (Wildman–Crippen LogP) is 3.17. The van der Waals surface area contributed by atoms with Gasteiger partial charge in [-0.2, -0.15) is 0 Å². The monoisotopic (exact) mass is 291 g/mol. The normalized spacial score (nSPS) is 19.1. The van der Waals surface area contributed by atoms with Crippen molar-refractivity contribution in [3.8, 4) is 0 Å². The smallest absolute Gasteiger partial charge is 0.0719 e. The molecule has 0 bridgehead atoms. The lowest BCUT2D eigenvalue weighted by Crippen LogP contribution is -2.37. The molecule has 3 heteroatoms. The van der Waals surface area contributed by atoms with E-state index in [1.165, 1.54) is 11.1 Å². The molecular weight excluding hydrogens is 262 g/mol. The summed E-state index contributed by atoms with van der Waals surface area (Å²) >= 11 is 0. The molecular formula is C18H29NO2. The van der Waals surface area contributed by atoms with Crippen molar-refractivity contribution in [1.82, 2.24) is 5.32 Å². The van der Waals surface area contributed by atoms with E-state index < -0.39 is 0 Å². The Kier molecular flexibility index (Phi) is 6.22. The highest BCUT2D eigenvalue weighted by atomic mass is 16.5. The van der Waals surface area contributed by atoms with E-state index in [1.54, 1.807) is 0 Å². The zero-order chi connectivity index (χ0) is 15.1. The van der Waals surface area contributed by atoms with Gasteiger partial charge in [0.2, 0.25) is 0 Å². The largest absolute Gasteiger partial charge is 0.381 e. The van der Waals surface area contributed by atoms with Crippen LogP contribution in [0, 0.1) is 5.92 Å². The molecule has 0 aliphatic carbocycles. The molecule has 1 aromatic rings. The molecule has 1 aromatic carbocycles. The molecule has 118 valence electrons. The second-order valence-corrected chi connectivity index (χ2v) is 6.94. The molecule has 1 aliphatic heterocycles. The highest BCUT2D eigenvalue weighted by Crippen LogP contribution is 2.15. The van der Waals surface area contributed by atoms with Gasteiger partial charge in [0, 0.05) is 18.1 Å². The van der Waals surface area contributed by atoms with E-state index in [4.69, 9.17) is 9.47 Å². The minimum Gasteiger partial charge on any atom is -0.381 e. The van der Waals surface area contributed by atoms with Crippen LogP contribution >= 0.6 is 0 Å². The van der Waals surface area contributed by atoms with Gasteiger partial charge in [-0.1, -0.05) is 24.3 Å². The summed E-state index contributed by atoms with van der Waals surface area (Å²) in [6.45, 7) is 10.9. The molecule has 0 saturated carbocycles. The van der Waals surface area contributed by atoms with E-state index in [0.29, 0.717) is 12.5 Å². The van der Waals surface area contributed by atoms with Gasteiger partial charge in [-0.05, 0) is 51.3 Å². The lowest BCUT2D eigenvalue weighted by molar-refractivity contribution is 0.0787. The summed E-state index contributed by atoms with van der Waals surface area (Å²) in [5, 5.41) is 3.54. The topological polar surface area (TPSA) is 30.5 Å². The second-order valence-electron chi connectivity index (χ2n) is 6.94. The van der Waals surface area contributed by atoms with Crippen molar-refractivity contribution in [1.29, 1.82) is 0 Å². The number of nitrogens with one attached hydrogen (secondary N) is 1. The average molecular weight is 291 g/mol. The fourth-order valence-electron chi connectivity index (χ4n) is 2.56. The molecule has 1 unspecified atom stereocenters. The molecule has 1 saturated heterocycles. The van der Waals surface area contributed by atoms with E-state index >= 15 is 0 Å². The van der Waals surface area contributed by atoms with Gasteiger partial charge in [-0.25, -0.2) is 0 Å². The van der Waals surface area contributed by atoms with Crippen LogP contribution in [0.3, 0.4) is 0 Å². The Balaban J connectivity index is 1.78.